The summed E-state index contributed by atoms with van der Waals surface area (Å²) in [5.41, 5.74) is 0.356. The van der Waals surface area contributed by atoms with Crippen LogP contribution in [0.15, 0.2) is 47.4 Å². The van der Waals surface area contributed by atoms with E-state index in [9.17, 15) is 24.5 Å². The van der Waals surface area contributed by atoms with Crippen molar-refractivity contribution < 1.29 is 28.8 Å². The molecule has 2 aromatic carbocycles. The highest BCUT2D eigenvalue weighted by molar-refractivity contribution is 8.18. The molecule has 0 unspecified atom stereocenters. The number of amides is 2. The highest BCUT2D eigenvalue weighted by Gasteiger charge is 2.25. The maximum atomic E-state index is 12.4. The Labute approximate surface area is 168 Å². The number of nitro groups is 1. The fourth-order valence-corrected chi connectivity index (χ4v) is 3.13. The summed E-state index contributed by atoms with van der Waals surface area (Å²) in [6.45, 7) is 2.03. The van der Waals surface area contributed by atoms with Crippen LogP contribution < -0.4 is 14.8 Å². The largest absolute Gasteiger partial charge is 0.490 e. The van der Waals surface area contributed by atoms with Crippen LogP contribution >= 0.6 is 11.8 Å². The van der Waals surface area contributed by atoms with E-state index >= 15 is 0 Å². The fourth-order valence-electron chi connectivity index (χ4n) is 2.44. The molecule has 0 atom stereocenters. The number of carbonyl (C=O) groups excluding carboxylic acids is 3. The van der Waals surface area contributed by atoms with Crippen molar-refractivity contribution in [2.24, 2.45) is 0 Å². The van der Waals surface area contributed by atoms with Gasteiger partial charge in [0, 0.05) is 12.1 Å². The van der Waals surface area contributed by atoms with Crippen LogP contribution in [0, 0.1) is 10.1 Å². The van der Waals surface area contributed by atoms with Gasteiger partial charge >= 0.3 is 5.97 Å². The van der Waals surface area contributed by atoms with Gasteiger partial charge in [0.05, 0.1) is 22.0 Å². The predicted octanol–water partition coefficient (Wildman–Crippen LogP) is 3.54. The lowest BCUT2D eigenvalue weighted by molar-refractivity contribution is -0.384. The minimum Gasteiger partial charge on any atom is -0.490 e. The highest BCUT2D eigenvalue weighted by atomic mass is 32.2. The molecule has 10 heteroatoms. The van der Waals surface area contributed by atoms with Crippen LogP contribution in [-0.4, -0.2) is 28.6 Å². The third-order valence-electron chi connectivity index (χ3n) is 3.70. The number of ether oxygens (including phenoxy) is 2. The molecule has 2 aromatic rings. The first-order valence-electron chi connectivity index (χ1n) is 8.35. The number of nitrogens with zero attached hydrogens (tertiary/aromatic N) is 1. The molecule has 1 aliphatic rings. The molecule has 0 spiro atoms. The first kappa shape index (κ1) is 20.1. The van der Waals surface area contributed by atoms with Crippen molar-refractivity contribution in [1.82, 2.24) is 5.32 Å². The second kappa shape index (κ2) is 8.57. The number of thioether (sulfide) groups is 1. The number of esters is 1. The molecule has 29 heavy (non-hydrogen) atoms. The lowest BCUT2D eigenvalue weighted by Crippen LogP contribution is -2.17. The average molecular weight is 414 g/mol. The number of rotatable bonds is 6. The second-order valence-electron chi connectivity index (χ2n) is 5.69. The Bertz CT molecular complexity index is 1050. The number of hydrogen-bond donors (Lipinski definition) is 1. The smallest absolute Gasteiger partial charge is 0.343 e. The summed E-state index contributed by atoms with van der Waals surface area (Å²) in [5, 5.41) is 12.6. The van der Waals surface area contributed by atoms with E-state index in [1.54, 1.807) is 19.1 Å². The summed E-state index contributed by atoms with van der Waals surface area (Å²) < 4.78 is 10.8. The summed E-state index contributed by atoms with van der Waals surface area (Å²) in [6, 6.07) is 9.80. The number of benzene rings is 2. The quantitative estimate of drug-likeness (QED) is 0.250. The Hall–Kier alpha value is -3.66. The first-order chi connectivity index (χ1) is 13.9. The number of nitro benzene ring substituents is 1. The lowest BCUT2D eigenvalue weighted by Gasteiger charge is -2.11. The molecule has 9 nitrogen and oxygen atoms in total. The molecule has 0 aliphatic carbocycles. The van der Waals surface area contributed by atoms with Gasteiger partial charge in [-0.25, -0.2) is 4.79 Å². The summed E-state index contributed by atoms with van der Waals surface area (Å²) in [4.78, 5) is 45.8. The number of nitrogens with one attached hydrogen (secondary N) is 1. The molecule has 1 aliphatic heterocycles. The molecule has 0 aromatic heterocycles. The van der Waals surface area contributed by atoms with Crippen molar-refractivity contribution in [3.63, 3.8) is 0 Å². The van der Waals surface area contributed by atoms with Crippen molar-refractivity contribution in [2.45, 2.75) is 6.92 Å². The number of carbonyl (C=O) groups is 3. The van der Waals surface area contributed by atoms with E-state index in [0.717, 1.165) is 17.8 Å². The molecule has 3 rings (SSSR count). The fraction of sp³-hybridized carbons (Fsp3) is 0.105. The molecule has 0 radical (unpaired) electrons. The zero-order chi connectivity index (χ0) is 21.0. The van der Waals surface area contributed by atoms with Gasteiger partial charge in [-0.15, -0.1) is 0 Å². The zero-order valence-electron chi connectivity index (χ0n) is 15.0. The first-order valence-corrected chi connectivity index (χ1v) is 9.17. The molecule has 1 fully saturated rings. The molecular weight excluding hydrogens is 400 g/mol. The molecule has 1 saturated heterocycles. The van der Waals surface area contributed by atoms with Gasteiger partial charge in [0.2, 0.25) is 0 Å². The van der Waals surface area contributed by atoms with E-state index < -0.39 is 22.0 Å². The van der Waals surface area contributed by atoms with Crippen molar-refractivity contribution in [1.29, 1.82) is 0 Å². The van der Waals surface area contributed by atoms with Gasteiger partial charge in [-0.05, 0) is 48.5 Å². The third kappa shape index (κ3) is 4.79. The lowest BCUT2D eigenvalue weighted by atomic mass is 10.1. The van der Waals surface area contributed by atoms with Crippen LogP contribution in [0.25, 0.3) is 6.08 Å². The van der Waals surface area contributed by atoms with Crippen LogP contribution in [0.4, 0.5) is 10.5 Å². The van der Waals surface area contributed by atoms with E-state index in [-0.39, 0.29) is 34.3 Å². The standard InChI is InChI=1S/C19H14N2O7S/c1-2-27-15-8-11(9-16-17(22)20-19(24)29-16)6-7-14(15)28-18(23)12-4-3-5-13(10-12)21(25)26/h3-10H,2H2,1H3,(H,20,22,24). The Morgan fingerprint density at radius 2 is 2.00 bits per heavy atom. The molecule has 148 valence electrons. The summed E-state index contributed by atoms with van der Waals surface area (Å²) in [6.07, 6.45) is 1.51. The molecule has 0 bridgehead atoms. The van der Waals surface area contributed by atoms with Gasteiger partial charge in [-0.3, -0.25) is 25.0 Å². The van der Waals surface area contributed by atoms with E-state index in [1.807, 2.05) is 0 Å². The Morgan fingerprint density at radius 1 is 1.21 bits per heavy atom. The predicted molar refractivity (Wildman–Crippen MR) is 105 cm³/mol. The van der Waals surface area contributed by atoms with Crippen molar-refractivity contribution in [3.05, 3.63) is 68.6 Å². The summed E-state index contributed by atoms with van der Waals surface area (Å²) >= 11 is 0.784. The van der Waals surface area contributed by atoms with Crippen molar-refractivity contribution >= 4 is 40.6 Å². The third-order valence-corrected chi connectivity index (χ3v) is 4.51. The van der Waals surface area contributed by atoms with Gasteiger partial charge in [0.25, 0.3) is 16.8 Å². The molecule has 0 saturated carbocycles. The Balaban J connectivity index is 1.85. The maximum Gasteiger partial charge on any atom is 0.343 e. The van der Waals surface area contributed by atoms with E-state index in [0.29, 0.717) is 5.56 Å². The molecular formula is C19H14N2O7S. The normalized spacial score (nSPS) is 14.6. The average Bonchev–Trinajstić information content (AvgIpc) is 3.00. The van der Waals surface area contributed by atoms with E-state index in [1.165, 1.54) is 30.3 Å². The van der Waals surface area contributed by atoms with Gasteiger partial charge < -0.3 is 9.47 Å². The minimum atomic E-state index is -0.780. The van der Waals surface area contributed by atoms with Crippen LogP contribution in [0.5, 0.6) is 11.5 Å². The van der Waals surface area contributed by atoms with Gasteiger partial charge in [-0.1, -0.05) is 12.1 Å². The second-order valence-corrected chi connectivity index (χ2v) is 6.70. The molecule has 1 heterocycles. The highest BCUT2D eigenvalue weighted by Crippen LogP contribution is 2.32. The Kier molecular flexibility index (Phi) is 5.93. The topological polar surface area (TPSA) is 125 Å². The van der Waals surface area contributed by atoms with Crippen LogP contribution in [-0.2, 0) is 4.79 Å². The number of non-ortho nitro benzene ring substituents is 1. The summed E-state index contributed by atoms with van der Waals surface area (Å²) in [5.74, 6) is -0.906. The van der Waals surface area contributed by atoms with Gasteiger partial charge in [-0.2, -0.15) is 0 Å². The van der Waals surface area contributed by atoms with Gasteiger partial charge in [0.15, 0.2) is 11.5 Å². The van der Waals surface area contributed by atoms with Gasteiger partial charge in [0.1, 0.15) is 0 Å². The van der Waals surface area contributed by atoms with Crippen LogP contribution in [0.2, 0.25) is 0 Å². The van der Waals surface area contributed by atoms with Crippen molar-refractivity contribution in [2.75, 3.05) is 6.61 Å². The van der Waals surface area contributed by atoms with Crippen LogP contribution in [0.1, 0.15) is 22.8 Å². The maximum absolute atomic E-state index is 12.4. The zero-order valence-corrected chi connectivity index (χ0v) is 15.9. The summed E-state index contributed by atoms with van der Waals surface area (Å²) in [7, 11) is 0. The Morgan fingerprint density at radius 3 is 2.66 bits per heavy atom. The molecule has 1 N–H and O–H groups in total. The van der Waals surface area contributed by atoms with E-state index in [4.69, 9.17) is 9.47 Å². The molecule has 2 amide bonds. The monoisotopic (exact) mass is 414 g/mol. The number of hydrogen-bond acceptors (Lipinski definition) is 8. The number of imide groups is 1. The van der Waals surface area contributed by atoms with Crippen molar-refractivity contribution in [3.8, 4) is 11.5 Å². The van der Waals surface area contributed by atoms with Crippen LogP contribution in [0.3, 0.4) is 0 Å². The van der Waals surface area contributed by atoms with E-state index in [2.05, 4.69) is 5.32 Å². The minimum absolute atomic E-state index is 0.0189. The SMILES string of the molecule is CCOc1cc(C=C2SC(=O)NC2=O)ccc1OC(=O)c1cccc([N+](=O)[O-])c1.